The molecule has 1 amide bonds. The largest absolute Gasteiger partial charge is 0.497 e. The normalized spacial score (nSPS) is 10.9. The van der Waals surface area contributed by atoms with E-state index in [0.29, 0.717) is 15.9 Å². The van der Waals surface area contributed by atoms with Crippen LogP contribution in [-0.4, -0.2) is 35.1 Å². The highest BCUT2D eigenvalue weighted by molar-refractivity contribution is 9.10. The molecule has 0 saturated carbocycles. The highest BCUT2D eigenvalue weighted by Crippen LogP contribution is 2.37. The van der Waals surface area contributed by atoms with Crippen LogP contribution in [0.25, 0.3) is 0 Å². The summed E-state index contributed by atoms with van der Waals surface area (Å²) in [5.74, 6) is 0.0581. The first kappa shape index (κ1) is 24.2. The Hall–Kier alpha value is -3.44. The van der Waals surface area contributed by atoms with Gasteiger partial charge in [0.25, 0.3) is 10.0 Å². The first-order chi connectivity index (χ1) is 15.8. The number of carbonyl (C=O) groups is 1. The van der Waals surface area contributed by atoms with E-state index in [1.807, 2.05) is 0 Å². The minimum Gasteiger partial charge on any atom is -0.497 e. The van der Waals surface area contributed by atoms with E-state index < -0.39 is 22.5 Å². The van der Waals surface area contributed by atoms with Crippen molar-refractivity contribution in [1.82, 2.24) is 0 Å². The predicted octanol–water partition coefficient (Wildman–Crippen LogP) is 4.96. The molecule has 0 spiro atoms. The summed E-state index contributed by atoms with van der Waals surface area (Å²) in [5.41, 5.74) is 7.93. The molecule has 0 fully saturated rings. The monoisotopic (exact) mass is 532 g/mol. The maximum absolute atomic E-state index is 13.7. The SMILES string of the molecule is COc1ccc(N(CC(=O)Nc2ccccc2Br)S(=O)(=O)c2ccccc2N=N)c(OC)c1. The molecule has 172 valence electrons. The average Bonchev–Trinajstić information content (AvgIpc) is 2.83. The Kier molecular flexibility index (Phi) is 7.67. The van der Waals surface area contributed by atoms with E-state index in [0.717, 1.165) is 4.31 Å². The van der Waals surface area contributed by atoms with Gasteiger partial charge in [0.05, 0.1) is 25.6 Å². The number of carbonyl (C=O) groups excluding carboxylic acids is 1. The number of para-hydroxylation sites is 2. The number of hydrogen-bond acceptors (Lipinski definition) is 7. The van der Waals surface area contributed by atoms with Crippen molar-refractivity contribution in [1.29, 1.82) is 5.53 Å². The number of hydrogen-bond donors (Lipinski definition) is 2. The molecule has 9 nitrogen and oxygen atoms in total. The van der Waals surface area contributed by atoms with Gasteiger partial charge in [0, 0.05) is 10.5 Å². The third-order valence-electron chi connectivity index (χ3n) is 4.64. The number of rotatable bonds is 9. The molecule has 0 aliphatic heterocycles. The number of sulfonamides is 1. The minimum absolute atomic E-state index is 0.0545. The number of ether oxygens (including phenoxy) is 2. The molecule has 0 unspecified atom stereocenters. The molecule has 0 saturated heterocycles. The molecule has 11 heteroatoms. The third kappa shape index (κ3) is 5.32. The van der Waals surface area contributed by atoms with Gasteiger partial charge in [0.2, 0.25) is 5.91 Å². The van der Waals surface area contributed by atoms with E-state index in [1.54, 1.807) is 36.4 Å². The summed E-state index contributed by atoms with van der Waals surface area (Å²) in [6.07, 6.45) is 0. The lowest BCUT2D eigenvalue weighted by molar-refractivity contribution is -0.114. The van der Waals surface area contributed by atoms with Crippen LogP contribution in [0.1, 0.15) is 0 Å². The second-order valence-electron chi connectivity index (χ2n) is 6.66. The number of benzene rings is 3. The fraction of sp³-hybridized carbons (Fsp3) is 0.136. The van der Waals surface area contributed by atoms with Crippen LogP contribution in [0.15, 0.2) is 81.2 Å². The van der Waals surface area contributed by atoms with Crippen LogP contribution < -0.4 is 19.1 Å². The average molecular weight is 533 g/mol. The van der Waals surface area contributed by atoms with E-state index in [2.05, 4.69) is 26.4 Å². The lowest BCUT2D eigenvalue weighted by Gasteiger charge is -2.26. The lowest BCUT2D eigenvalue weighted by Crippen LogP contribution is -2.38. The standard InChI is InChI=1S/C22H21BrN4O5S/c1-31-15-11-12-19(20(13-15)32-2)27(14-22(28)25-17-8-4-3-7-16(17)23)33(29,30)21-10-6-5-9-18(21)26-24/h3-13,24H,14H2,1-2H3,(H,25,28). The maximum atomic E-state index is 13.7. The van der Waals surface area contributed by atoms with Gasteiger partial charge in [-0.25, -0.2) is 13.9 Å². The van der Waals surface area contributed by atoms with Crippen molar-refractivity contribution in [3.63, 3.8) is 0 Å². The lowest BCUT2D eigenvalue weighted by atomic mass is 10.2. The van der Waals surface area contributed by atoms with Crippen LogP contribution in [0.3, 0.4) is 0 Å². The van der Waals surface area contributed by atoms with E-state index in [-0.39, 0.29) is 22.0 Å². The Bertz CT molecular complexity index is 1280. The van der Waals surface area contributed by atoms with Crippen LogP contribution in [0.4, 0.5) is 17.1 Å². The van der Waals surface area contributed by atoms with Gasteiger partial charge in [0.15, 0.2) is 0 Å². The highest BCUT2D eigenvalue weighted by Gasteiger charge is 2.31. The van der Waals surface area contributed by atoms with Crippen molar-refractivity contribution < 1.29 is 22.7 Å². The minimum atomic E-state index is -4.32. The predicted molar refractivity (Wildman–Crippen MR) is 128 cm³/mol. The summed E-state index contributed by atoms with van der Waals surface area (Å²) >= 11 is 3.36. The molecule has 0 bridgehead atoms. The van der Waals surface area contributed by atoms with Crippen LogP contribution >= 0.6 is 15.9 Å². The Balaban J connectivity index is 2.10. The molecule has 0 aliphatic carbocycles. The van der Waals surface area contributed by atoms with Crippen molar-refractivity contribution in [2.45, 2.75) is 4.90 Å². The molecule has 0 radical (unpaired) electrons. The number of nitrogens with zero attached hydrogens (tertiary/aromatic N) is 2. The Morgan fingerprint density at radius 3 is 2.42 bits per heavy atom. The van der Waals surface area contributed by atoms with Crippen LogP contribution in [0.2, 0.25) is 0 Å². The van der Waals surface area contributed by atoms with Gasteiger partial charge in [-0.15, -0.1) is 0 Å². The summed E-state index contributed by atoms with van der Waals surface area (Å²) in [4.78, 5) is 12.7. The number of nitrogens with one attached hydrogen (secondary N) is 2. The zero-order chi connectivity index (χ0) is 24.0. The second kappa shape index (κ2) is 10.5. The number of anilines is 2. The fourth-order valence-electron chi connectivity index (χ4n) is 3.06. The Morgan fingerprint density at radius 2 is 1.76 bits per heavy atom. The number of amides is 1. The van der Waals surface area contributed by atoms with E-state index >= 15 is 0 Å². The van der Waals surface area contributed by atoms with Crippen LogP contribution in [0.5, 0.6) is 11.5 Å². The van der Waals surface area contributed by atoms with E-state index in [4.69, 9.17) is 15.0 Å². The molecule has 3 aromatic carbocycles. The molecule has 3 rings (SSSR count). The molecular weight excluding hydrogens is 512 g/mol. The van der Waals surface area contributed by atoms with Crippen LogP contribution in [-0.2, 0) is 14.8 Å². The van der Waals surface area contributed by atoms with Crippen molar-refractivity contribution in [2.24, 2.45) is 5.11 Å². The Morgan fingerprint density at radius 1 is 1.06 bits per heavy atom. The van der Waals surface area contributed by atoms with Crippen molar-refractivity contribution in [2.75, 3.05) is 30.4 Å². The molecule has 2 N–H and O–H groups in total. The van der Waals surface area contributed by atoms with Gasteiger partial charge in [0.1, 0.15) is 28.6 Å². The number of methoxy groups -OCH3 is 2. The molecule has 3 aromatic rings. The highest BCUT2D eigenvalue weighted by atomic mass is 79.9. The molecule has 0 heterocycles. The quantitative estimate of drug-likeness (QED) is 0.377. The van der Waals surface area contributed by atoms with Crippen molar-refractivity contribution in [3.05, 3.63) is 71.2 Å². The zero-order valence-electron chi connectivity index (χ0n) is 17.8. The molecule has 33 heavy (non-hydrogen) atoms. The van der Waals surface area contributed by atoms with Crippen molar-refractivity contribution >= 4 is 48.9 Å². The molecule has 0 aromatic heterocycles. The second-order valence-corrected chi connectivity index (χ2v) is 9.34. The zero-order valence-corrected chi connectivity index (χ0v) is 20.2. The van der Waals surface area contributed by atoms with Gasteiger partial charge in [-0.2, -0.15) is 5.11 Å². The van der Waals surface area contributed by atoms with Crippen molar-refractivity contribution in [3.8, 4) is 11.5 Å². The fourth-order valence-corrected chi connectivity index (χ4v) is 5.01. The topological polar surface area (TPSA) is 121 Å². The van der Waals surface area contributed by atoms with Gasteiger partial charge in [-0.05, 0) is 52.3 Å². The van der Waals surface area contributed by atoms with Gasteiger partial charge in [-0.1, -0.05) is 24.3 Å². The maximum Gasteiger partial charge on any atom is 0.267 e. The van der Waals surface area contributed by atoms with Crippen LogP contribution in [0, 0.1) is 5.53 Å². The summed E-state index contributed by atoms with van der Waals surface area (Å²) in [7, 11) is -1.46. The molecule has 0 aliphatic rings. The first-order valence-corrected chi connectivity index (χ1v) is 11.8. The summed E-state index contributed by atoms with van der Waals surface area (Å²) in [5, 5.41) is 6.03. The van der Waals surface area contributed by atoms with Gasteiger partial charge >= 0.3 is 0 Å². The van der Waals surface area contributed by atoms with Gasteiger partial charge in [-0.3, -0.25) is 9.10 Å². The van der Waals surface area contributed by atoms with E-state index in [1.165, 1.54) is 44.6 Å². The summed E-state index contributed by atoms with van der Waals surface area (Å²) in [6.45, 7) is -0.557. The smallest absolute Gasteiger partial charge is 0.267 e. The van der Waals surface area contributed by atoms with E-state index in [9.17, 15) is 13.2 Å². The van der Waals surface area contributed by atoms with Gasteiger partial charge < -0.3 is 14.8 Å². The summed E-state index contributed by atoms with van der Waals surface area (Å²) in [6, 6.07) is 17.4. The molecular formula is C22H21BrN4O5S. The summed E-state index contributed by atoms with van der Waals surface area (Å²) < 4.78 is 39.5. The molecule has 0 atom stereocenters. The number of halogens is 1. The third-order valence-corrected chi connectivity index (χ3v) is 7.14. The first-order valence-electron chi connectivity index (χ1n) is 9.57. The Labute approximate surface area is 200 Å².